The molecule has 1 aromatic carbocycles. The summed E-state index contributed by atoms with van der Waals surface area (Å²) in [6.07, 6.45) is 2.96. The lowest BCUT2D eigenvalue weighted by molar-refractivity contribution is 0.434. The van der Waals surface area contributed by atoms with Gasteiger partial charge in [-0.15, -0.1) is 0 Å². The van der Waals surface area contributed by atoms with Crippen molar-refractivity contribution in [2.24, 2.45) is 5.92 Å². The number of rotatable bonds is 9. The summed E-state index contributed by atoms with van der Waals surface area (Å²) in [6.45, 7) is 7.00. The maximum absolute atomic E-state index is 12.3. The van der Waals surface area contributed by atoms with Gasteiger partial charge < -0.3 is 5.32 Å². The fourth-order valence-electron chi connectivity index (χ4n) is 2.09. The van der Waals surface area contributed by atoms with Gasteiger partial charge in [-0.2, -0.15) is 0 Å². The standard InChI is InChI=1S/C16H28N2O2S/c1-5-13(2)14(3)18-21(19,20)16-10-8-15(9-11-16)7-6-12-17-4/h8-11,13-14,17-18H,5-7,12H2,1-4H3. The van der Waals surface area contributed by atoms with E-state index in [1.165, 1.54) is 5.56 Å². The fourth-order valence-corrected chi connectivity index (χ4v) is 3.44. The van der Waals surface area contributed by atoms with E-state index in [9.17, 15) is 8.42 Å². The molecule has 4 nitrogen and oxygen atoms in total. The van der Waals surface area contributed by atoms with Crippen molar-refractivity contribution in [1.29, 1.82) is 0 Å². The van der Waals surface area contributed by atoms with Crippen LogP contribution in [0.15, 0.2) is 29.2 Å². The summed E-state index contributed by atoms with van der Waals surface area (Å²) in [4.78, 5) is 0.343. The van der Waals surface area contributed by atoms with Crippen molar-refractivity contribution in [1.82, 2.24) is 10.0 Å². The predicted molar refractivity (Wildman–Crippen MR) is 87.9 cm³/mol. The van der Waals surface area contributed by atoms with Crippen LogP contribution >= 0.6 is 0 Å². The Morgan fingerprint density at radius 2 is 1.76 bits per heavy atom. The molecule has 2 N–H and O–H groups in total. The van der Waals surface area contributed by atoms with E-state index < -0.39 is 10.0 Å². The first kappa shape index (κ1) is 18.1. The molecule has 2 atom stereocenters. The third-order valence-corrected chi connectivity index (χ3v) is 5.54. The quantitative estimate of drug-likeness (QED) is 0.689. The Morgan fingerprint density at radius 1 is 1.14 bits per heavy atom. The minimum atomic E-state index is -3.42. The Bertz CT molecular complexity index is 512. The van der Waals surface area contributed by atoms with Gasteiger partial charge in [-0.05, 0) is 57.0 Å². The van der Waals surface area contributed by atoms with Crippen molar-refractivity contribution >= 4 is 10.0 Å². The SMILES string of the molecule is CCC(C)C(C)NS(=O)(=O)c1ccc(CCCNC)cc1. The summed E-state index contributed by atoms with van der Waals surface area (Å²) in [5, 5.41) is 3.11. The monoisotopic (exact) mass is 312 g/mol. The molecule has 0 fully saturated rings. The molecule has 1 aromatic rings. The van der Waals surface area contributed by atoms with Crippen LogP contribution in [0.3, 0.4) is 0 Å². The summed E-state index contributed by atoms with van der Waals surface area (Å²) in [6, 6.07) is 7.13. The van der Waals surface area contributed by atoms with Crippen LogP contribution < -0.4 is 10.0 Å². The number of hydrogen-bond acceptors (Lipinski definition) is 3. The maximum Gasteiger partial charge on any atom is 0.240 e. The first-order valence-electron chi connectivity index (χ1n) is 7.66. The molecule has 120 valence electrons. The number of sulfonamides is 1. The number of hydrogen-bond donors (Lipinski definition) is 2. The lowest BCUT2D eigenvalue weighted by Gasteiger charge is -2.19. The molecular formula is C16H28N2O2S. The molecule has 0 spiro atoms. The van der Waals surface area contributed by atoms with Crippen LogP contribution in [-0.4, -0.2) is 28.1 Å². The third kappa shape index (κ3) is 5.77. The van der Waals surface area contributed by atoms with E-state index in [2.05, 4.69) is 23.9 Å². The molecule has 0 aliphatic carbocycles. The van der Waals surface area contributed by atoms with Gasteiger partial charge in [-0.3, -0.25) is 0 Å². The van der Waals surface area contributed by atoms with Gasteiger partial charge in [0.15, 0.2) is 0 Å². The van der Waals surface area contributed by atoms with Crippen LogP contribution in [0.5, 0.6) is 0 Å². The van der Waals surface area contributed by atoms with Gasteiger partial charge >= 0.3 is 0 Å². The normalized spacial score (nSPS) is 14.9. The molecular weight excluding hydrogens is 284 g/mol. The molecule has 0 saturated heterocycles. The molecule has 0 amide bonds. The highest BCUT2D eigenvalue weighted by molar-refractivity contribution is 7.89. The Morgan fingerprint density at radius 3 is 2.29 bits per heavy atom. The summed E-state index contributed by atoms with van der Waals surface area (Å²) in [5.74, 6) is 0.320. The molecule has 0 saturated carbocycles. The summed E-state index contributed by atoms with van der Waals surface area (Å²) < 4.78 is 27.4. The van der Waals surface area contributed by atoms with Crippen molar-refractivity contribution in [2.75, 3.05) is 13.6 Å². The van der Waals surface area contributed by atoms with Crippen molar-refractivity contribution in [3.63, 3.8) is 0 Å². The smallest absolute Gasteiger partial charge is 0.240 e. The second-order valence-corrected chi connectivity index (χ2v) is 7.36. The lowest BCUT2D eigenvalue weighted by Crippen LogP contribution is -2.36. The van der Waals surface area contributed by atoms with Gasteiger partial charge in [-0.1, -0.05) is 32.4 Å². The first-order valence-corrected chi connectivity index (χ1v) is 9.15. The topological polar surface area (TPSA) is 58.2 Å². The molecule has 1 rings (SSSR count). The fraction of sp³-hybridized carbons (Fsp3) is 0.625. The van der Waals surface area contributed by atoms with Crippen molar-refractivity contribution in [3.8, 4) is 0 Å². The highest BCUT2D eigenvalue weighted by Crippen LogP contribution is 2.15. The molecule has 0 heterocycles. The van der Waals surface area contributed by atoms with E-state index in [1.807, 2.05) is 26.1 Å². The number of benzene rings is 1. The van der Waals surface area contributed by atoms with Crippen molar-refractivity contribution < 1.29 is 8.42 Å². The summed E-state index contributed by atoms with van der Waals surface area (Å²) in [7, 11) is -1.49. The summed E-state index contributed by atoms with van der Waals surface area (Å²) >= 11 is 0. The van der Waals surface area contributed by atoms with Gasteiger partial charge in [0.05, 0.1) is 4.90 Å². The summed E-state index contributed by atoms with van der Waals surface area (Å²) in [5.41, 5.74) is 1.17. The average molecular weight is 312 g/mol. The zero-order valence-electron chi connectivity index (χ0n) is 13.5. The minimum absolute atomic E-state index is 0.0599. The molecule has 0 radical (unpaired) electrons. The van der Waals surface area contributed by atoms with Crippen LogP contribution in [0.2, 0.25) is 0 Å². The Balaban J connectivity index is 2.71. The second kappa shape index (κ2) is 8.51. The Hall–Kier alpha value is -0.910. The number of aryl methyl sites for hydroxylation is 1. The van der Waals surface area contributed by atoms with Gasteiger partial charge in [0.2, 0.25) is 10.0 Å². The van der Waals surface area contributed by atoms with Gasteiger partial charge in [-0.25, -0.2) is 13.1 Å². The van der Waals surface area contributed by atoms with Gasteiger partial charge in [0.25, 0.3) is 0 Å². The van der Waals surface area contributed by atoms with E-state index >= 15 is 0 Å². The molecule has 5 heteroatoms. The first-order chi connectivity index (χ1) is 9.90. The predicted octanol–water partition coefficient (Wildman–Crippen LogP) is 2.55. The minimum Gasteiger partial charge on any atom is -0.320 e. The second-order valence-electron chi connectivity index (χ2n) is 5.65. The average Bonchev–Trinajstić information content (AvgIpc) is 2.46. The van der Waals surface area contributed by atoms with Crippen LogP contribution in [0, 0.1) is 5.92 Å². The zero-order chi connectivity index (χ0) is 15.9. The molecule has 0 bridgehead atoms. The van der Waals surface area contributed by atoms with E-state index in [1.54, 1.807) is 12.1 Å². The van der Waals surface area contributed by atoms with Crippen molar-refractivity contribution in [3.05, 3.63) is 29.8 Å². The van der Waals surface area contributed by atoms with E-state index in [-0.39, 0.29) is 6.04 Å². The molecule has 0 aliphatic rings. The largest absolute Gasteiger partial charge is 0.320 e. The maximum atomic E-state index is 12.3. The van der Waals surface area contributed by atoms with Gasteiger partial charge in [0, 0.05) is 6.04 Å². The highest BCUT2D eigenvalue weighted by Gasteiger charge is 2.20. The molecule has 2 unspecified atom stereocenters. The molecule has 0 aromatic heterocycles. The van der Waals surface area contributed by atoms with Crippen molar-refractivity contribution in [2.45, 2.75) is 51.0 Å². The molecule has 21 heavy (non-hydrogen) atoms. The third-order valence-electron chi connectivity index (χ3n) is 3.96. The number of nitrogens with one attached hydrogen (secondary N) is 2. The van der Waals surface area contributed by atoms with Crippen LogP contribution in [0.25, 0.3) is 0 Å². The highest BCUT2D eigenvalue weighted by atomic mass is 32.2. The zero-order valence-corrected chi connectivity index (χ0v) is 14.3. The van der Waals surface area contributed by atoms with E-state index in [4.69, 9.17) is 0 Å². The van der Waals surface area contributed by atoms with E-state index in [0.717, 1.165) is 25.8 Å². The Kier molecular flexibility index (Phi) is 7.35. The van der Waals surface area contributed by atoms with Gasteiger partial charge in [0.1, 0.15) is 0 Å². The van der Waals surface area contributed by atoms with E-state index in [0.29, 0.717) is 10.8 Å². The van der Waals surface area contributed by atoms with Crippen LogP contribution in [0.4, 0.5) is 0 Å². The Labute approximate surface area is 129 Å². The van der Waals surface area contributed by atoms with Crippen LogP contribution in [0.1, 0.15) is 39.2 Å². The van der Waals surface area contributed by atoms with Crippen LogP contribution in [-0.2, 0) is 16.4 Å². The lowest BCUT2D eigenvalue weighted by atomic mass is 10.0. The molecule has 0 aliphatic heterocycles.